The Morgan fingerprint density at radius 1 is 1.29 bits per heavy atom. The number of nitrogen functional groups attached to an aromatic ring is 1. The molecule has 0 fully saturated rings. The van der Waals surface area contributed by atoms with Crippen LogP contribution in [-0.4, -0.2) is 4.98 Å². The molecule has 0 atom stereocenters. The van der Waals surface area contributed by atoms with Gasteiger partial charge < -0.3 is 5.73 Å². The molecule has 2 aromatic rings. The molecule has 3 heteroatoms. The van der Waals surface area contributed by atoms with Crippen molar-refractivity contribution in [3.05, 3.63) is 45.4 Å². The van der Waals surface area contributed by atoms with Crippen LogP contribution in [0.15, 0.2) is 24.3 Å². The average Bonchev–Trinajstić information content (AvgIpc) is 2.67. The van der Waals surface area contributed by atoms with Crippen LogP contribution in [0, 0.1) is 6.92 Å². The molecule has 17 heavy (non-hydrogen) atoms. The third kappa shape index (κ3) is 3.07. The summed E-state index contributed by atoms with van der Waals surface area (Å²) in [5.41, 5.74) is 9.14. The van der Waals surface area contributed by atoms with E-state index < -0.39 is 0 Å². The van der Waals surface area contributed by atoms with Crippen LogP contribution in [0.3, 0.4) is 0 Å². The summed E-state index contributed by atoms with van der Waals surface area (Å²) in [6.07, 6.45) is 3.05. The van der Waals surface area contributed by atoms with Gasteiger partial charge in [-0.15, -0.1) is 11.3 Å². The summed E-state index contributed by atoms with van der Waals surface area (Å²) in [6, 6.07) is 8.10. The summed E-state index contributed by atoms with van der Waals surface area (Å²) >= 11 is 1.82. The maximum absolute atomic E-state index is 5.76. The normalized spacial score (nSPS) is 10.7. The Hall–Kier alpha value is -1.35. The van der Waals surface area contributed by atoms with E-state index in [1.807, 2.05) is 29.5 Å². The number of aryl methyl sites for hydroxylation is 4. The van der Waals surface area contributed by atoms with Crippen LogP contribution >= 0.6 is 11.3 Å². The Labute approximate surface area is 107 Å². The van der Waals surface area contributed by atoms with E-state index in [9.17, 15) is 0 Å². The molecular weight excluding hydrogens is 228 g/mol. The fraction of sp³-hybridized carbons (Fsp3) is 0.357. The highest BCUT2D eigenvalue weighted by Gasteiger charge is 2.05. The molecule has 0 saturated carbocycles. The van der Waals surface area contributed by atoms with E-state index in [-0.39, 0.29) is 0 Å². The smallest absolute Gasteiger partial charge is 0.0934 e. The van der Waals surface area contributed by atoms with Crippen molar-refractivity contribution in [2.45, 2.75) is 33.1 Å². The van der Waals surface area contributed by atoms with Crippen LogP contribution in [0.1, 0.15) is 28.1 Å². The van der Waals surface area contributed by atoms with Crippen LogP contribution < -0.4 is 5.73 Å². The second kappa shape index (κ2) is 5.32. The Morgan fingerprint density at radius 2 is 2.12 bits per heavy atom. The first-order valence-electron chi connectivity index (χ1n) is 5.98. The molecule has 1 aromatic heterocycles. The highest BCUT2D eigenvalue weighted by atomic mass is 32.1. The number of aromatic nitrogens is 1. The van der Waals surface area contributed by atoms with Crippen LogP contribution in [0.5, 0.6) is 0 Å². The summed E-state index contributed by atoms with van der Waals surface area (Å²) in [5, 5.41) is 1.24. The summed E-state index contributed by atoms with van der Waals surface area (Å²) in [4.78, 5) is 6.01. The Morgan fingerprint density at radius 3 is 2.76 bits per heavy atom. The van der Waals surface area contributed by atoms with Crippen LogP contribution in [0.4, 0.5) is 5.69 Å². The van der Waals surface area contributed by atoms with Crippen molar-refractivity contribution < 1.29 is 0 Å². The van der Waals surface area contributed by atoms with Gasteiger partial charge in [-0.3, -0.25) is 0 Å². The summed E-state index contributed by atoms with van der Waals surface area (Å²) < 4.78 is 0. The van der Waals surface area contributed by atoms with Crippen molar-refractivity contribution in [3.63, 3.8) is 0 Å². The average molecular weight is 246 g/mol. The van der Waals surface area contributed by atoms with E-state index in [1.165, 1.54) is 21.1 Å². The van der Waals surface area contributed by atoms with Gasteiger partial charge >= 0.3 is 0 Å². The van der Waals surface area contributed by atoms with Crippen molar-refractivity contribution in [2.24, 2.45) is 0 Å². The van der Waals surface area contributed by atoms with E-state index in [0.717, 1.165) is 24.9 Å². The van der Waals surface area contributed by atoms with Crippen molar-refractivity contribution in [2.75, 3.05) is 5.73 Å². The molecule has 0 spiro atoms. The van der Waals surface area contributed by atoms with Crippen LogP contribution in [-0.2, 0) is 19.3 Å². The number of nitrogens with two attached hydrogens (primary N) is 1. The van der Waals surface area contributed by atoms with Crippen molar-refractivity contribution >= 4 is 17.0 Å². The van der Waals surface area contributed by atoms with Crippen LogP contribution in [0.2, 0.25) is 0 Å². The highest BCUT2D eigenvalue weighted by molar-refractivity contribution is 7.11. The zero-order valence-corrected chi connectivity index (χ0v) is 11.2. The third-order valence-corrected chi connectivity index (χ3v) is 3.92. The number of thiazole rings is 1. The lowest BCUT2D eigenvalue weighted by atomic mass is 10.1. The molecule has 1 aromatic carbocycles. The van der Waals surface area contributed by atoms with Gasteiger partial charge in [0.25, 0.3) is 0 Å². The van der Waals surface area contributed by atoms with Gasteiger partial charge in [0.05, 0.1) is 10.7 Å². The second-order valence-corrected chi connectivity index (χ2v) is 5.50. The van der Waals surface area contributed by atoms with E-state index in [0.29, 0.717) is 0 Å². The molecule has 2 rings (SSSR count). The number of hydrogen-bond donors (Lipinski definition) is 1. The first-order chi connectivity index (χ1) is 8.19. The first kappa shape index (κ1) is 12.1. The molecule has 0 unspecified atom stereocenters. The molecule has 0 saturated heterocycles. The van der Waals surface area contributed by atoms with Gasteiger partial charge in [0.15, 0.2) is 0 Å². The predicted octanol–water partition coefficient (Wildman–Crippen LogP) is 3.38. The number of benzene rings is 1. The maximum Gasteiger partial charge on any atom is 0.0934 e. The van der Waals surface area contributed by atoms with Gasteiger partial charge in [0, 0.05) is 17.0 Å². The Balaban J connectivity index is 2.02. The molecule has 2 nitrogen and oxygen atoms in total. The summed E-state index contributed by atoms with van der Waals surface area (Å²) in [5.74, 6) is 0. The standard InChI is InChI=1S/C14H18N2S/c1-3-13-10(2)17-14(16-13)8-7-11-5-4-6-12(15)9-11/h4-6,9H,3,7-8,15H2,1-2H3. The quantitative estimate of drug-likeness (QED) is 0.840. The first-order valence-corrected chi connectivity index (χ1v) is 6.80. The molecule has 90 valence electrons. The molecule has 0 aliphatic carbocycles. The van der Waals surface area contributed by atoms with E-state index in [1.54, 1.807) is 0 Å². The lowest BCUT2D eigenvalue weighted by molar-refractivity contribution is 0.920. The van der Waals surface area contributed by atoms with Crippen molar-refractivity contribution in [3.8, 4) is 0 Å². The molecule has 0 bridgehead atoms. The number of rotatable bonds is 4. The summed E-state index contributed by atoms with van der Waals surface area (Å²) in [6.45, 7) is 4.31. The summed E-state index contributed by atoms with van der Waals surface area (Å²) in [7, 11) is 0. The van der Waals surface area contributed by atoms with E-state index >= 15 is 0 Å². The minimum absolute atomic E-state index is 0.840. The molecule has 0 radical (unpaired) electrons. The fourth-order valence-electron chi connectivity index (χ4n) is 1.92. The lowest BCUT2D eigenvalue weighted by Gasteiger charge is -2.00. The third-order valence-electron chi connectivity index (χ3n) is 2.85. The molecule has 0 amide bonds. The van der Waals surface area contributed by atoms with Crippen molar-refractivity contribution in [1.29, 1.82) is 0 Å². The highest BCUT2D eigenvalue weighted by Crippen LogP contribution is 2.19. The van der Waals surface area contributed by atoms with Gasteiger partial charge in [0.1, 0.15) is 0 Å². The number of nitrogens with zero attached hydrogens (tertiary/aromatic N) is 1. The van der Waals surface area contributed by atoms with E-state index in [4.69, 9.17) is 5.73 Å². The lowest BCUT2D eigenvalue weighted by Crippen LogP contribution is -1.93. The van der Waals surface area contributed by atoms with Gasteiger partial charge in [-0.25, -0.2) is 4.98 Å². The predicted molar refractivity (Wildman–Crippen MR) is 74.5 cm³/mol. The SMILES string of the molecule is CCc1nc(CCc2cccc(N)c2)sc1C. The second-order valence-electron chi connectivity index (χ2n) is 4.21. The van der Waals surface area contributed by atoms with Gasteiger partial charge in [-0.1, -0.05) is 19.1 Å². The minimum atomic E-state index is 0.840. The molecule has 2 N–H and O–H groups in total. The number of hydrogen-bond acceptors (Lipinski definition) is 3. The van der Waals surface area contributed by atoms with E-state index in [2.05, 4.69) is 24.9 Å². The minimum Gasteiger partial charge on any atom is -0.399 e. The van der Waals surface area contributed by atoms with Gasteiger partial charge in [-0.2, -0.15) is 0 Å². The van der Waals surface area contributed by atoms with Crippen LogP contribution in [0.25, 0.3) is 0 Å². The molecule has 0 aliphatic heterocycles. The monoisotopic (exact) mass is 246 g/mol. The van der Waals surface area contributed by atoms with Gasteiger partial charge in [-0.05, 0) is 37.5 Å². The van der Waals surface area contributed by atoms with Gasteiger partial charge in [0.2, 0.25) is 0 Å². The molecule has 0 aliphatic rings. The molecule has 1 heterocycles. The largest absolute Gasteiger partial charge is 0.399 e. The maximum atomic E-state index is 5.76. The topological polar surface area (TPSA) is 38.9 Å². The Kier molecular flexibility index (Phi) is 3.79. The fourth-order valence-corrected chi connectivity index (χ4v) is 2.94. The Bertz CT molecular complexity index is 503. The molecular formula is C14H18N2S. The zero-order chi connectivity index (χ0) is 12.3. The zero-order valence-electron chi connectivity index (χ0n) is 10.4. The number of anilines is 1. The van der Waals surface area contributed by atoms with Crippen molar-refractivity contribution in [1.82, 2.24) is 4.98 Å².